The molecule has 0 spiro atoms. The van der Waals surface area contributed by atoms with E-state index in [1.165, 1.54) is 18.3 Å². The van der Waals surface area contributed by atoms with Gasteiger partial charge < -0.3 is 16.2 Å². The molecule has 0 saturated heterocycles. The van der Waals surface area contributed by atoms with Gasteiger partial charge in [0.15, 0.2) is 11.5 Å². The van der Waals surface area contributed by atoms with Crippen LogP contribution in [0.5, 0.6) is 0 Å². The number of nitrogens with one attached hydrogen (secondary N) is 1. The molecule has 1 unspecified atom stereocenters. The third-order valence-electron chi connectivity index (χ3n) is 6.53. The highest BCUT2D eigenvalue weighted by Gasteiger charge is 2.57. The molecular weight excluding hydrogens is 563 g/mol. The third-order valence-corrected chi connectivity index (χ3v) is 7.91. The van der Waals surface area contributed by atoms with Crippen molar-refractivity contribution >= 4 is 45.9 Å². The summed E-state index contributed by atoms with van der Waals surface area (Å²) >= 11 is 1.05. The molecule has 1 atom stereocenters. The predicted octanol–water partition coefficient (Wildman–Crippen LogP) is 3.71. The minimum absolute atomic E-state index is 0.00427. The molecule has 11 nitrogen and oxygen atoms in total. The number of aryl methyl sites for hydroxylation is 2. The van der Waals surface area contributed by atoms with E-state index < -0.39 is 42.4 Å². The number of fused-ring (bicyclic) bond motifs is 2. The van der Waals surface area contributed by atoms with Gasteiger partial charge in [0.05, 0.1) is 23.1 Å². The Hall–Kier alpha value is -4.28. The van der Waals surface area contributed by atoms with Gasteiger partial charge in [-0.2, -0.15) is 27.1 Å². The summed E-state index contributed by atoms with van der Waals surface area (Å²) < 4.78 is 66.2. The standard InChI is InChI=1S/C23H19F5N8O3S/c1-9-11(8-12(37)38)40-20(31-9)21(2)13-15(29)32-17(33-16(13)34-19(21)39)14-10-4-3-6-30-18(10)36(35-14)7-5-22(24,25)23(26,27)28/h3-4,6H,5,7-8H2,1-2H3,(H,37,38)(H3,29,32,33,34,39). The number of aliphatic carboxylic acids is 1. The molecule has 0 saturated carbocycles. The number of alkyl halides is 5. The van der Waals surface area contributed by atoms with E-state index in [0.29, 0.717) is 10.6 Å². The van der Waals surface area contributed by atoms with Gasteiger partial charge in [-0.15, -0.1) is 11.3 Å². The SMILES string of the molecule is Cc1nc(C2(C)C(=O)Nc3nc(-c4nn(CCC(F)(F)C(F)(F)F)c5ncccc45)nc(N)c32)sc1CC(=O)O. The van der Waals surface area contributed by atoms with Crippen molar-refractivity contribution < 1.29 is 36.6 Å². The first-order valence-electron chi connectivity index (χ1n) is 11.6. The number of halogens is 5. The molecule has 4 aromatic rings. The van der Waals surface area contributed by atoms with Crippen LogP contribution in [0.1, 0.15) is 34.5 Å². The molecule has 17 heteroatoms. The highest BCUT2D eigenvalue weighted by molar-refractivity contribution is 7.12. The summed E-state index contributed by atoms with van der Waals surface area (Å²) in [6, 6.07) is 3.03. The number of nitrogens with zero attached hydrogens (tertiary/aromatic N) is 6. The second-order valence-corrected chi connectivity index (χ2v) is 10.3. The lowest BCUT2D eigenvalue weighted by atomic mass is 9.85. The Kier molecular flexibility index (Phi) is 6.24. The normalized spacial score (nSPS) is 17.3. The Morgan fingerprint density at radius 3 is 2.62 bits per heavy atom. The first-order chi connectivity index (χ1) is 18.6. The summed E-state index contributed by atoms with van der Waals surface area (Å²) in [5, 5.41) is 16.5. The van der Waals surface area contributed by atoms with Gasteiger partial charge in [0.2, 0.25) is 5.91 Å². The zero-order chi connectivity index (χ0) is 29.2. The van der Waals surface area contributed by atoms with E-state index in [9.17, 15) is 31.5 Å². The summed E-state index contributed by atoms with van der Waals surface area (Å²) in [7, 11) is 0. The number of rotatable bonds is 7. The van der Waals surface area contributed by atoms with E-state index >= 15 is 0 Å². The van der Waals surface area contributed by atoms with Crippen molar-refractivity contribution in [3.05, 3.63) is 39.5 Å². The van der Waals surface area contributed by atoms with Gasteiger partial charge >= 0.3 is 18.1 Å². The number of nitrogens with two attached hydrogens (primary N) is 1. The van der Waals surface area contributed by atoms with Crippen LogP contribution in [0.25, 0.3) is 22.6 Å². The van der Waals surface area contributed by atoms with Crippen LogP contribution in [0.2, 0.25) is 0 Å². The number of carbonyl (C=O) groups excluding carboxylic acids is 1. The molecule has 5 rings (SSSR count). The second kappa shape index (κ2) is 9.14. The fourth-order valence-electron chi connectivity index (χ4n) is 4.38. The molecule has 40 heavy (non-hydrogen) atoms. The van der Waals surface area contributed by atoms with Crippen LogP contribution in [-0.4, -0.2) is 58.8 Å². The van der Waals surface area contributed by atoms with E-state index in [0.717, 1.165) is 16.0 Å². The third kappa shape index (κ3) is 4.29. The number of carboxylic acid groups (broad SMARTS) is 1. The molecule has 4 N–H and O–H groups in total. The summed E-state index contributed by atoms with van der Waals surface area (Å²) in [6.45, 7) is 2.36. The molecule has 0 radical (unpaired) electrons. The van der Waals surface area contributed by atoms with Gasteiger partial charge in [-0.1, -0.05) is 0 Å². The maximum Gasteiger partial charge on any atom is 0.453 e. The Morgan fingerprint density at radius 2 is 1.95 bits per heavy atom. The number of amides is 1. The van der Waals surface area contributed by atoms with Crippen LogP contribution in [0, 0.1) is 6.92 Å². The maximum atomic E-state index is 13.6. The van der Waals surface area contributed by atoms with Crippen molar-refractivity contribution in [1.82, 2.24) is 29.7 Å². The lowest BCUT2D eigenvalue weighted by molar-refractivity contribution is -0.285. The van der Waals surface area contributed by atoms with Crippen molar-refractivity contribution in [3.8, 4) is 11.5 Å². The van der Waals surface area contributed by atoms with Crippen molar-refractivity contribution in [2.24, 2.45) is 0 Å². The van der Waals surface area contributed by atoms with Crippen molar-refractivity contribution in [3.63, 3.8) is 0 Å². The van der Waals surface area contributed by atoms with Crippen LogP contribution in [-0.2, 0) is 28.0 Å². The van der Waals surface area contributed by atoms with Crippen LogP contribution in [0.15, 0.2) is 18.3 Å². The van der Waals surface area contributed by atoms with Gasteiger partial charge in [0.1, 0.15) is 27.8 Å². The molecule has 5 heterocycles. The van der Waals surface area contributed by atoms with Crippen molar-refractivity contribution in [2.75, 3.05) is 11.1 Å². The minimum atomic E-state index is -5.72. The summed E-state index contributed by atoms with van der Waals surface area (Å²) in [5.41, 5.74) is 5.51. The summed E-state index contributed by atoms with van der Waals surface area (Å²) in [6.07, 6.45) is -6.25. The van der Waals surface area contributed by atoms with E-state index in [-0.39, 0.29) is 51.2 Å². The fraction of sp³-hybridized carbons (Fsp3) is 0.348. The average molecular weight is 583 g/mol. The number of anilines is 2. The number of pyridine rings is 1. The van der Waals surface area contributed by atoms with E-state index in [1.807, 2.05) is 0 Å². The minimum Gasteiger partial charge on any atom is -0.481 e. The number of nitrogen functional groups attached to an aromatic ring is 1. The quantitative estimate of drug-likeness (QED) is 0.276. The zero-order valence-electron chi connectivity index (χ0n) is 20.7. The number of aromatic nitrogens is 6. The molecule has 1 amide bonds. The van der Waals surface area contributed by atoms with E-state index in [1.54, 1.807) is 13.8 Å². The number of hydrogen-bond acceptors (Lipinski definition) is 9. The largest absolute Gasteiger partial charge is 0.481 e. The van der Waals surface area contributed by atoms with Gasteiger partial charge in [0.25, 0.3) is 0 Å². The van der Waals surface area contributed by atoms with Crippen molar-refractivity contribution in [2.45, 2.75) is 50.7 Å². The topological polar surface area (TPSA) is 162 Å². The lowest BCUT2D eigenvalue weighted by Crippen LogP contribution is -2.37. The number of carboxylic acids is 1. The maximum absolute atomic E-state index is 13.6. The first kappa shape index (κ1) is 27.3. The summed E-state index contributed by atoms with van der Waals surface area (Å²) in [4.78, 5) is 42.0. The molecule has 0 aromatic carbocycles. The molecule has 0 bridgehead atoms. The van der Waals surface area contributed by atoms with Crippen LogP contribution < -0.4 is 11.1 Å². The summed E-state index contributed by atoms with van der Waals surface area (Å²) in [5.74, 6) is -6.77. The van der Waals surface area contributed by atoms with Gasteiger partial charge in [-0.3, -0.25) is 9.59 Å². The smallest absolute Gasteiger partial charge is 0.453 e. The Balaban J connectivity index is 1.57. The molecular formula is C23H19F5N8O3S. The van der Waals surface area contributed by atoms with Crippen LogP contribution in [0.3, 0.4) is 0 Å². The highest BCUT2D eigenvalue weighted by atomic mass is 32.1. The second-order valence-electron chi connectivity index (χ2n) is 9.23. The first-order valence-corrected chi connectivity index (χ1v) is 12.4. The molecule has 0 aliphatic carbocycles. The monoisotopic (exact) mass is 582 g/mol. The number of carbonyl (C=O) groups is 2. The van der Waals surface area contributed by atoms with E-state index in [4.69, 9.17) is 10.8 Å². The van der Waals surface area contributed by atoms with Crippen LogP contribution in [0.4, 0.5) is 33.6 Å². The average Bonchev–Trinajstić information content (AvgIpc) is 3.49. The molecule has 210 valence electrons. The Bertz CT molecular complexity index is 1680. The number of thiazole rings is 1. The van der Waals surface area contributed by atoms with Gasteiger partial charge in [-0.25, -0.2) is 24.6 Å². The Labute approximate surface area is 225 Å². The van der Waals surface area contributed by atoms with Gasteiger partial charge in [0, 0.05) is 24.0 Å². The molecule has 0 fully saturated rings. The predicted molar refractivity (Wildman–Crippen MR) is 132 cm³/mol. The molecule has 1 aliphatic heterocycles. The molecule has 1 aliphatic rings. The Morgan fingerprint density at radius 1 is 1.23 bits per heavy atom. The van der Waals surface area contributed by atoms with Gasteiger partial charge in [-0.05, 0) is 26.0 Å². The number of hydrogen-bond donors (Lipinski definition) is 3. The zero-order valence-corrected chi connectivity index (χ0v) is 21.5. The van der Waals surface area contributed by atoms with Crippen LogP contribution >= 0.6 is 11.3 Å². The highest BCUT2D eigenvalue weighted by Crippen LogP contribution is 2.47. The van der Waals surface area contributed by atoms with E-state index in [2.05, 4.69) is 30.4 Å². The fourth-order valence-corrected chi connectivity index (χ4v) is 5.58. The van der Waals surface area contributed by atoms with Crippen molar-refractivity contribution in [1.29, 1.82) is 0 Å². The lowest BCUT2D eigenvalue weighted by Gasteiger charge is -2.20. The molecule has 4 aromatic heterocycles.